The van der Waals surface area contributed by atoms with Crippen molar-refractivity contribution in [1.29, 1.82) is 0 Å². The molecule has 0 fully saturated rings. The van der Waals surface area contributed by atoms with Crippen molar-refractivity contribution in [3.8, 4) is 0 Å². The molecule has 0 aliphatic rings. The van der Waals surface area contributed by atoms with Crippen molar-refractivity contribution >= 4 is 27.8 Å². The Labute approximate surface area is 101 Å². The molecule has 0 unspecified atom stereocenters. The standard InChI is InChI=1S/C11H10BrNO3/c12-9-4-2-1-3-8(9)7-13-10(14)5-6-11(15)16/h1-6H,7H2,(H,13,14)(H,15,16)/b6-5+. The molecule has 1 rings (SSSR count). The summed E-state index contributed by atoms with van der Waals surface area (Å²) in [6.45, 7) is 0.351. The fourth-order valence-corrected chi connectivity index (χ4v) is 1.45. The van der Waals surface area contributed by atoms with E-state index in [2.05, 4.69) is 21.2 Å². The van der Waals surface area contributed by atoms with E-state index in [0.29, 0.717) is 6.54 Å². The van der Waals surface area contributed by atoms with Crippen LogP contribution in [0.3, 0.4) is 0 Å². The third-order valence-electron chi connectivity index (χ3n) is 1.79. The van der Waals surface area contributed by atoms with E-state index in [4.69, 9.17) is 5.11 Å². The van der Waals surface area contributed by atoms with Crippen LogP contribution in [-0.2, 0) is 16.1 Å². The number of hydrogen-bond acceptors (Lipinski definition) is 2. The molecule has 0 saturated heterocycles. The number of carboxylic acid groups (broad SMARTS) is 1. The number of benzene rings is 1. The molecule has 4 nitrogen and oxygen atoms in total. The van der Waals surface area contributed by atoms with E-state index in [9.17, 15) is 9.59 Å². The van der Waals surface area contributed by atoms with Gasteiger partial charge in [-0.15, -0.1) is 0 Å². The Balaban J connectivity index is 2.49. The number of amides is 1. The zero-order valence-electron chi connectivity index (χ0n) is 8.31. The Morgan fingerprint density at radius 1 is 1.31 bits per heavy atom. The second kappa shape index (κ2) is 6.07. The minimum Gasteiger partial charge on any atom is -0.478 e. The fourth-order valence-electron chi connectivity index (χ4n) is 1.03. The van der Waals surface area contributed by atoms with Crippen LogP contribution >= 0.6 is 15.9 Å². The maximum atomic E-state index is 11.2. The lowest BCUT2D eigenvalue weighted by Crippen LogP contribution is -2.20. The van der Waals surface area contributed by atoms with Gasteiger partial charge in [0.05, 0.1) is 0 Å². The van der Waals surface area contributed by atoms with Crippen molar-refractivity contribution in [2.75, 3.05) is 0 Å². The number of carbonyl (C=O) groups is 2. The van der Waals surface area contributed by atoms with Gasteiger partial charge in [-0.1, -0.05) is 34.1 Å². The van der Waals surface area contributed by atoms with Gasteiger partial charge in [0.1, 0.15) is 0 Å². The van der Waals surface area contributed by atoms with Gasteiger partial charge >= 0.3 is 5.97 Å². The largest absolute Gasteiger partial charge is 0.478 e. The Hall–Kier alpha value is -1.62. The Bertz CT molecular complexity index is 429. The van der Waals surface area contributed by atoms with Gasteiger partial charge in [0.15, 0.2) is 0 Å². The van der Waals surface area contributed by atoms with Crippen molar-refractivity contribution < 1.29 is 14.7 Å². The maximum absolute atomic E-state index is 11.2. The summed E-state index contributed by atoms with van der Waals surface area (Å²) < 4.78 is 0.900. The third kappa shape index (κ3) is 4.27. The number of rotatable bonds is 4. The fraction of sp³-hybridized carbons (Fsp3) is 0.0909. The quantitative estimate of drug-likeness (QED) is 0.827. The van der Waals surface area contributed by atoms with Crippen molar-refractivity contribution in [2.45, 2.75) is 6.54 Å². The number of halogens is 1. The molecule has 0 saturated carbocycles. The molecule has 0 atom stereocenters. The van der Waals surface area contributed by atoms with Gasteiger partial charge in [0.25, 0.3) is 0 Å². The molecule has 0 aliphatic carbocycles. The molecule has 0 radical (unpaired) electrons. The van der Waals surface area contributed by atoms with E-state index in [1.807, 2.05) is 24.3 Å². The van der Waals surface area contributed by atoms with Crippen LogP contribution in [0.5, 0.6) is 0 Å². The molecule has 0 heterocycles. The first kappa shape index (κ1) is 12.4. The van der Waals surface area contributed by atoms with Crippen molar-refractivity contribution in [2.24, 2.45) is 0 Å². The summed E-state index contributed by atoms with van der Waals surface area (Å²) in [7, 11) is 0. The van der Waals surface area contributed by atoms with Gasteiger partial charge in [0.2, 0.25) is 5.91 Å². The van der Waals surface area contributed by atoms with Gasteiger partial charge in [0, 0.05) is 23.2 Å². The number of aliphatic carboxylic acids is 1. The Kier molecular flexibility index (Phi) is 4.72. The average molecular weight is 284 g/mol. The minimum atomic E-state index is -1.14. The predicted octanol–water partition coefficient (Wildman–Crippen LogP) is 1.71. The molecule has 84 valence electrons. The SMILES string of the molecule is O=C(O)/C=C/C(=O)NCc1ccccc1Br. The van der Waals surface area contributed by atoms with Crippen LogP contribution in [0, 0.1) is 0 Å². The average Bonchev–Trinajstić information content (AvgIpc) is 2.25. The summed E-state index contributed by atoms with van der Waals surface area (Å²) in [5.74, 6) is -1.57. The first-order chi connectivity index (χ1) is 7.59. The van der Waals surface area contributed by atoms with E-state index >= 15 is 0 Å². The first-order valence-electron chi connectivity index (χ1n) is 4.52. The summed E-state index contributed by atoms with van der Waals surface area (Å²) in [4.78, 5) is 21.3. The zero-order valence-corrected chi connectivity index (χ0v) is 9.90. The minimum absolute atomic E-state index is 0.351. The number of carbonyl (C=O) groups excluding carboxylic acids is 1. The lowest BCUT2D eigenvalue weighted by Gasteiger charge is -2.04. The highest BCUT2D eigenvalue weighted by atomic mass is 79.9. The highest BCUT2D eigenvalue weighted by Crippen LogP contribution is 2.15. The van der Waals surface area contributed by atoms with Gasteiger partial charge in [-0.2, -0.15) is 0 Å². The molecule has 1 aromatic carbocycles. The Morgan fingerprint density at radius 2 is 2.00 bits per heavy atom. The van der Waals surface area contributed by atoms with E-state index < -0.39 is 11.9 Å². The molecule has 0 aromatic heterocycles. The van der Waals surface area contributed by atoms with Crippen LogP contribution in [0.4, 0.5) is 0 Å². The van der Waals surface area contributed by atoms with Crippen LogP contribution in [0.25, 0.3) is 0 Å². The topological polar surface area (TPSA) is 66.4 Å². The van der Waals surface area contributed by atoms with Crippen LogP contribution < -0.4 is 5.32 Å². The normalized spacial score (nSPS) is 10.3. The molecule has 0 aliphatic heterocycles. The predicted molar refractivity (Wildman–Crippen MR) is 62.8 cm³/mol. The summed E-state index contributed by atoms with van der Waals surface area (Å²) in [5.41, 5.74) is 0.930. The van der Waals surface area contributed by atoms with Gasteiger partial charge in [-0.05, 0) is 11.6 Å². The van der Waals surface area contributed by atoms with E-state index in [-0.39, 0.29) is 0 Å². The van der Waals surface area contributed by atoms with Crippen molar-refractivity contribution in [3.63, 3.8) is 0 Å². The molecular formula is C11H10BrNO3. The van der Waals surface area contributed by atoms with Crippen LogP contribution in [0.15, 0.2) is 40.9 Å². The number of nitrogens with one attached hydrogen (secondary N) is 1. The van der Waals surface area contributed by atoms with E-state index in [1.54, 1.807) is 0 Å². The van der Waals surface area contributed by atoms with Gasteiger partial charge < -0.3 is 10.4 Å². The molecule has 0 bridgehead atoms. The zero-order chi connectivity index (χ0) is 12.0. The summed E-state index contributed by atoms with van der Waals surface area (Å²) in [6, 6.07) is 7.47. The number of hydrogen-bond donors (Lipinski definition) is 2. The van der Waals surface area contributed by atoms with Gasteiger partial charge in [-0.3, -0.25) is 4.79 Å². The molecule has 1 aromatic rings. The highest BCUT2D eigenvalue weighted by Gasteiger charge is 2.00. The monoisotopic (exact) mass is 283 g/mol. The van der Waals surface area contributed by atoms with E-state index in [1.165, 1.54) is 0 Å². The second-order valence-electron chi connectivity index (χ2n) is 2.98. The third-order valence-corrected chi connectivity index (χ3v) is 2.56. The van der Waals surface area contributed by atoms with Gasteiger partial charge in [-0.25, -0.2) is 4.79 Å². The molecule has 0 spiro atoms. The molecule has 1 amide bonds. The molecular weight excluding hydrogens is 274 g/mol. The molecule has 5 heteroatoms. The number of carboxylic acids is 1. The Morgan fingerprint density at radius 3 is 2.62 bits per heavy atom. The first-order valence-corrected chi connectivity index (χ1v) is 5.31. The summed E-state index contributed by atoms with van der Waals surface area (Å²) in [6.07, 6.45) is 1.79. The second-order valence-corrected chi connectivity index (χ2v) is 3.84. The molecule has 2 N–H and O–H groups in total. The van der Waals surface area contributed by atoms with Crippen LogP contribution in [-0.4, -0.2) is 17.0 Å². The molecule has 16 heavy (non-hydrogen) atoms. The van der Waals surface area contributed by atoms with Crippen molar-refractivity contribution in [1.82, 2.24) is 5.32 Å². The lowest BCUT2D eigenvalue weighted by molar-refractivity contribution is -0.131. The summed E-state index contributed by atoms with van der Waals surface area (Å²) >= 11 is 3.35. The smallest absolute Gasteiger partial charge is 0.328 e. The van der Waals surface area contributed by atoms with Crippen molar-refractivity contribution in [3.05, 3.63) is 46.5 Å². The van der Waals surface area contributed by atoms with Crippen LogP contribution in [0.1, 0.15) is 5.56 Å². The lowest BCUT2D eigenvalue weighted by atomic mass is 10.2. The summed E-state index contributed by atoms with van der Waals surface area (Å²) in [5, 5.41) is 10.9. The van der Waals surface area contributed by atoms with E-state index in [0.717, 1.165) is 22.2 Å². The maximum Gasteiger partial charge on any atom is 0.328 e. The highest BCUT2D eigenvalue weighted by molar-refractivity contribution is 9.10. The van der Waals surface area contributed by atoms with Crippen LogP contribution in [0.2, 0.25) is 0 Å².